The molecule has 0 saturated heterocycles. The molecule has 0 aromatic carbocycles. The molecule has 2 rings (SSSR count). The predicted molar refractivity (Wildman–Crippen MR) is 83.0 cm³/mol. The van der Waals surface area contributed by atoms with E-state index in [-0.39, 0.29) is 0 Å². The van der Waals surface area contributed by atoms with Gasteiger partial charge in [0.1, 0.15) is 11.6 Å². The molecule has 0 amide bonds. The van der Waals surface area contributed by atoms with Gasteiger partial charge >= 0.3 is 0 Å². The van der Waals surface area contributed by atoms with Gasteiger partial charge in [-0.1, -0.05) is 20.8 Å². The fourth-order valence-electron chi connectivity index (χ4n) is 3.00. The minimum absolute atomic E-state index is 0.417. The Balaban J connectivity index is 2.10. The standard InChI is InChI=1S/C15H24BrN3/c1-9-12(16)13(17)19-14(18-9)10-5-7-11(8-6-10)15(2,3)4/h10-11H,5-8H2,1-4H3,(H2,17,18,19). The molecular formula is C15H24BrN3. The van der Waals surface area contributed by atoms with E-state index in [2.05, 4.69) is 46.7 Å². The summed E-state index contributed by atoms with van der Waals surface area (Å²) in [6.07, 6.45) is 4.91. The average molecular weight is 326 g/mol. The molecule has 0 radical (unpaired) electrons. The van der Waals surface area contributed by atoms with Gasteiger partial charge < -0.3 is 5.73 Å². The van der Waals surface area contributed by atoms with Crippen LogP contribution in [0.25, 0.3) is 0 Å². The van der Waals surface area contributed by atoms with E-state index in [4.69, 9.17) is 5.73 Å². The molecular weight excluding hydrogens is 302 g/mol. The Bertz CT molecular complexity index is 434. The highest BCUT2D eigenvalue weighted by Gasteiger charge is 2.31. The summed E-state index contributed by atoms with van der Waals surface area (Å²) >= 11 is 3.42. The highest BCUT2D eigenvalue weighted by atomic mass is 79.9. The van der Waals surface area contributed by atoms with Crippen LogP contribution in [0, 0.1) is 18.3 Å². The van der Waals surface area contributed by atoms with Crippen molar-refractivity contribution in [2.45, 2.75) is 59.3 Å². The predicted octanol–water partition coefficient (Wildman–Crippen LogP) is 4.45. The number of nitrogens with two attached hydrogens (primary N) is 1. The minimum Gasteiger partial charge on any atom is -0.383 e. The zero-order valence-corrected chi connectivity index (χ0v) is 13.9. The van der Waals surface area contributed by atoms with Crippen molar-refractivity contribution in [3.63, 3.8) is 0 Å². The van der Waals surface area contributed by atoms with Crippen molar-refractivity contribution in [3.05, 3.63) is 16.0 Å². The number of anilines is 1. The zero-order valence-electron chi connectivity index (χ0n) is 12.3. The van der Waals surface area contributed by atoms with Crippen molar-refractivity contribution in [1.82, 2.24) is 9.97 Å². The molecule has 0 aliphatic heterocycles. The van der Waals surface area contributed by atoms with E-state index in [1.165, 1.54) is 25.7 Å². The molecule has 106 valence electrons. The summed E-state index contributed by atoms with van der Waals surface area (Å²) in [4.78, 5) is 9.07. The van der Waals surface area contributed by atoms with Crippen LogP contribution in [-0.2, 0) is 0 Å². The summed E-state index contributed by atoms with van der Waals surface area (Å²) in [5.41, 5.74) is 7.29. The minimum atomic E-state index is 0.417. The van der Waals surface area contributed by atoms with Crippen molar-refractivity contribution in [3.8, 4) is 0 Å². The summed E-state index contributed by atoms with van der Waals surface area (Å²) in [7, 11) is 0. The third-order valence-corrected chi connectivity index (χ3v) is 5.36. The summed E-state index contributed by atoms with van der Waals surface area (Å²) in [5, 5.41) is 0. The third kappa shape index (κ3) is 3.28. The molecule has 1 heterocycles. The van der Waals surface area contributed by atoms with E-state index in [0.717, 1.165) is 21.9 Å². The molecule has 0 atom stereocenters. The van der Waals surface area contributed by atoms with E-state index < -0.39 is 0 Å². The Morgan fingerprint density at radius 1 is 1.11 bits per heavy atom. The molecule has 3 nitrogen and oxygen atoms in total. The van der Waals surface area contributed by atoms with Crippen molar-refractivity contribution < 1.29 is 0 Å². The van der Waals surface area contributed by atoms with Gasteiger partial charge in [-0.25, -0.2) is 9.97 Å². The van der Waals surface area contributed by atoms with Gasteiger partial charge in [0.15, 0.2) is 0 Å². The molecule has 1 aromatic rings. The van der Waals surface area contributed by atoms with Crippen molar-refractivity contribution in [2.24, 2.45) is 11.3 Å². The van der Waals surface area contributed by atoms with Crippen LogP contribution in [0.1, 0.15) is 63.9 Å². The number of nitrogens with zero attached hydrogens (tertiary/aromatic N) is 2. The Morgan fingerprint density at radius 2 is 1.68 bits per heavy atom. The second-order valence-corrected chi connectivity index (χ2v) is 7.57. The van der Waals surface area contributed by atoms with E-state index >= 15 is 0 Å². The Kier molecular flexibility index (Phi) is 4.19. The Hall–Kier alpha value is -0.640. The van der Waals surface area contributed by atoms with Gasteiger partial charge in [-0.2, -0.15) is 0 Å². The van der Waals surface area contributed by atoms with Gasteiger partial charge in [0, 0.05) is 5.92 Å². The number of nitrogen functional groups attached to an aromatic ring is 1. The quantitative estimate of drug-likeness (QED) is 0.829. The van der Waals surface area contributed by atoms with Gasteiger partial charge in [-0.15, -0.1) is 0 Å². The van der Waals surface area contributed by atoms with Crippen LogP contribution < -0.4 is 5.73 Å². The molecule has 1 saturated carbocycles. The first kappa shape index (κ1) is 14.8. The normalized spacial score (nSPS) is 24.5. The first-order valence-electron chi connectivity index (χ1n) is 7.08. The van der Waals surface area contributed by atoms with Gasteiger partial charge in [-0.05, 0) is 59.9 Å². The largest absolute Gasteiger partial charge is 0.383 e. The molecule has 0 spiro atoms. The number of aromatic nitrogens is 2. The van der Waals surface area contributed by atoms with E-state index in [0.29, 0.717) is 17.2 Å². The van der Waals surface area contributed by atoms with Crippen LogP contribution in [0.5, 0.6) is 0 Å². The van der Waals surface area contributed by atoms with Crippen LogP contribution in [0.3, 0.4) is 0 Å². The average Bonchev–Trinajstić information content (AvgIpc) is 2.34. The first-order chi connectivity index (χ1) is 8.79. The van der Waals surface area contributed by atoms with Crippen LogP contribution >= 0.6 is 15.9 Å². The van der Waals surface area contributed by atoms with E-state index in [9.17, 15) is 0 Å². The highest BCUT2D eigenvalue weighted by Crippen LogP contribution is 2.42. The van der Waals surface area contributed by atoms with E-state index in [1.807, 2.05) is 6.92 Å². The number of hydrogen-bond acceptors (Lipinski definition) is 3. The lowest BCUT2D eigenvalue weighted by Crippen LogP contribution is -2.26. The third-order valence-electron chi connectivity index (χ3n) is 4.38. The number of rotatable bonds is 1. The number of hydrogen-bond donors (Lipinski definition) is 1. The molecule has 1 aliphatic rings. The molecule has 2 N–H and O–H groups in total. The fourth-order valence-corrected chi connectivity index (χ4v) is 3.18. The molecule has 0 unspecified atom stereocenters. The summed E-state index contributed by atoms with van der Waals surface area (Å²) in [6, 6.07) is 0. The maximum Gasteiger partial charge on any atom is 0.141 e. The van der Waals surface area contributed by atoms with Crippen LogP contribution in [0.15, 0.2) is 4.47 Å². The number of halogens is 1. The van der Waals surface area contributed by atoms with Gasteiger partial charge in [0.2, 0.25) is 0 Å². The highest BCUT2D eigenvalue weighted by molar-refractivity contribution is 9.10. The second kappa shape index (κ2) is 5.39. The SMILES string of the molecule is Cc1nc(C2CCC(C(C)(C)C)CC2)nc(N)c1Br. The Labute approximate surface area is 124 Å². The summed E-state index contributed by atoms with van der Waals surface area (Å²) in [5.74, 6) is 2.80. The maximum atomic E-state index is 5.93. The molecule has 19 heavy (non-hydrogen) atoms. The van der Waals surface area contributed by atoms with Crippen LogP contribution in [0.2, 0.25) is 0 Å². The maximum absolute atomic E-state index is 5.93. The lowest BCUT2D eigenvalue weighted by molar-refractivity contribution is 0.167. The van der Waals surface area contributed by atoms with Crippen LogP contribution in [-0.4, -0.2) is 9.97 Å². The summed E-state index contributed by atoms with van der Waals surface area (Å²) in [6.45, 7) is 9.01. The fraction of sp³-hybridized carbons (Fsp3) is 0.733. The Morgan fingerprint density at radius 3 is 2.16 bits per heavy atom. The van der Waals surface area contributed by atoms with Gasteiger partial charge in [0.05, 0.1) is 10.2 Å². The van der Waals surface area contributed by atoms with E-state index in [1.54, 1.807) is 0 Å². The zero-order chi connectivity index (χ0) is 14.2. The van der Waals surface area contributed by atoms with Crippen molar-refractivity contribution in [2.75, 3.05) is 5.73 Å². The second-order valence-electron chi connectivity index (χ2n) is 6.78. The lowest BCUT2D eigenvalue weighted by Gasteiger charge is -2.36. The molecule has 0 bridgehead atoms. The molecule has 1 aliphatic carbocycles. The smallest absolute Gasteiger partial charge is 0.141 e. The van der Waals surface area contributed by atoms with Gasteiger partial charge in [-0.3, -0.25) is 0 Å². The molecule has 1 aromatic heterocycles. The number of aryl methyl sites for hydroxylation is 1. The monoisotopic (exact) mass is 325 g/mol. The topological polar surface area (TPSA) is 51.8 Å². The molecule has 1 fully saturated rings. The summed E-state index contributed by atoms with van der Waals surface area (Å²) < 4.78 is 0.833. The van der Waals surface area contributed by atoms with Crippen molar-refractivity contribution >= 4 is 21.7 Å². The van der Waals surface area contributed by atoms with Gasteiger partial charge in [0.25, 0.3) is 0 Å². The first-order valence-corrected chi connectivity index (χ1v) is 7.88. The lowest BCUT2D eigenvalue weighted by atomic mass is 9.69. The van der Waals surface area contributed by atoms with Crippen molar-refractivity contribution in [1.29, 1.82) is 0 Å². The van der Waals surface area contributed by atoms with Crippen LogP contribution in [0.4, 0.5) is 5.82 Å². The molecule has 4 heteroatoms.